The lowest BCUT2D eigenvalue weighted by Crippen LogP contribution is -2.52. The highest BCUT2D eigenvalue weighted by Crippen LogP contribution is 2.34. The van der Waals surface area contributed by atoms with Gasteiger partial charge in [0.1, 0.15) is 18.0 Å². The number of nitrogens with zero attached hydrogens (tertiary/aromatic N) is 3. The highest BCUT2D eigenvalue weighted by atomic mass is 16.4. The summed E-state index contributed by atoms with van der Waals surface area (Å²) in [6.07, 6.45) is 5.38. The van der Waals surface area contributed by atoms with E-state index in [1.807, 2.05) is 6.07 Å². The molecule has 0 amide bonds. The molecule has 25 heavy (non-hydrogen) atoms. The molecule has 1 atom stereocenters. The molecule has 2 fully saturated rings. The predicted molar refractivity (Wildman–Crippen MR) is 94.6 cm³/mol. The van der Waals surface area contributed by atoms with Gasteiger partial charge in [-0.2, -0.15) is 0 Å². The van der Waals surface area contributed by atoms with Gasteiger partial charge in [0.15, 0.2) is 0 Å². The first-order valence-corrected chi connectivity index (χ1v) is 8.96. The van der Waals surface area contributed by atoms with Crippen molar-refractivity contribution in [3.63, 3.8) is 0 Å². The van der Waals surface area contributed by atoms with E-state index in [9.17, 15) is 9.90 Å². The van der Waals surface area contributed by atoms with Crippen molar-refractivity contribution >= 4 is 17.6 Å². The Morgan fingerprint density at radius 1 is 1.36 bits per heavy atom. The number of aliphatic carboxylic acids is 1. The minimum Gasteiger partial charge on any atom is -0.480 e. The second kappa shape index (κ2) is 7.97. The smallest absolute Gasteiger partial charge is 0.317 e. The zero-order chi connectivity index (χ0) is 17.8. The number of carboxylic acid groups (broad SMARTS) is 1. The fraction of sp³-hybridized carbons (Fsp3) is 0.706. The van der Waals surface area contributed by atoms with Gasteiger partial charge in [-0.25, -0.2) is 9.97 Å². The standard InChI is InChI=1S/C17H27N5O3/c1-11(23)7-18-15-6-16(20-10-19-15)21-13-4-14(5-13)22(9-17(24)25)8-12-2-3-12/h6,10-14,23H,2-5,7-9H2,1H3,(H,24,25)(H2,18,19,20,21). The second-order valence-corrected chi connectivity index (χ2v) is 7.25. The predicted octanol–water partition coefficient (Wildman–Crippen LogP) is 1.01. The lowest BCUT2D eigenvalue weighted by Gasteiger charge is -2.43. The third kappa shape index (κ3) is 5.54. The number of aromatic nitrogens is 2. The largest absolute Gasteiger partial charge is 0.480 e. The Morgan fingerprint density at radius 2 is 2.08 bits per heavy atom. The van der Waals surface area contributed by atoms with Gasteiger partial charge in [0, 0.05) is 31.2 Å². The van der Waals surface area contributed by atoms with Crippen molar-refractivity contribution in [3.05, 3.63) is 12.4 Å². The third-order valence-corrected chi connectivity index (χ3v) is 4.76. The molecular weight excluding hydrogens is 322 g/mol. The van der Waals surface area contributed by atoms with Crippen LogP contribution in [0.3, 0.4) is 0 Å². The normalized spacial score (nSPS) is 23.8. The summed E-state index contributed by atoms with van der Waals surface area (Å²) in [4.78, 5) is 21.6. The quantitative estimate of drug-likeness (QED) is 0.495. The molecule has 1 aromatic rings. The number of anilines is 2. The molecular formula is C17H27N5O3. The van der Waals surface area contributed by atoms with Crippen LogP contribution in [0.15, 0.2) is 12.4 Å². The Bertz CT molecular complexity index is 587. The van der Waals surface area contributed by atoms with Gasteiger partial charge < -0.3 is 20.8 Å². The lowest BCUT2D eigenvalue weighted by molar-refractivity contribution is -0.139. The number of aliphatic hydroxyl groups excluding tert-OH is 1. The van der Waals surface area contributed by atoms with E-state index in [-0.39, 0.29) is 6.54 Å². The van der Waals surface area contributed by atoms with E-state index in [1.54, 1.807) is 6.92 Å². The van der Waals surface area contributed by atoms with E-state index in [2.05, 4.69) is 25.5 Å². The highest BCUT2D eigenvalue weighted by Gasteiger charge is 2.37. The van der Waals surface area contributed by atoms with Gasteiger partial charge in [-0.15, -0.1) is 0 Å². The van der Waals surface area contributed by atoms with Gasteiger partial charge in [-0.3, -0.25) is 9.69 Å². The van der Waals surface area contributed by atoms with Crippen LogP contribution >= 0.6 is 0 Å². The third-order valence-electron chi connectivity index (χ3n) is 4.76. The van der Waals surface area contributed by atoms with Gasteiger partial charge in [0.05, 0.1) is 12.6 Å². The van der Waals surface area contributed by atoms with Crippen LogP contribution in [0.1, 0.15) is 32.6 Å². The first-order valence-electron chi connectivity index (χ1n) is 8.96. The van der Waals surface area contributed by atoms with Crippen molar-refractivity contribution in [3.8, 4) is 0 Å². The van der Waals surface area contributed by atoms with Gasteiger partial charge in [0.25, 0.3) is 0 Å². The first-order chi connectivity index (χ1) is 12.0. The fourth-order valence-electron chi connectivity index (χ4n) is 3.15. The zero-order valence-electron chi connectivity index (χ0n) is 14.6. The van der Waals surface area contributed by atoms with E-state index in [0.717, 1.165) is 25.2 Å². The molecule has 2 aliphatic carbocycles. The van der Waals surface area contributed by atoms with E-state index >= 15 is 0 Å². The number of carbonyl (C=O) groups is 1. The summed E-state index contributed by atoms with van der Waals surface area (Å²) in [5.41, 5.74) is 0. The Labute approximate surface area is 147 Å². The topological polar surface area (TPSA) is 111 Å². The van der Waals surface area contributed by atoms with Crippen molar-refractivity contribution in [2.75, 3.05) is 30.3 Å². The molecule has 0 aromatic carbocycles. The molecule has 4 N–H and O–H groups in total. The molecule has 0 radical (unpaired) electrons. The van der Waals surface area contributed by atoms with Gasteiger partial charge in [-0.1, -0.05) is 0 Å². The summed E-state index contributed by atoms with van der Waals surface area (Å²) in [5, 5.41) is 24.9. The molecule has 0 saturated heterocycles. The number of nitrogens with one attached hydrogen (secondary N) is 2. The van der Waals surface area contributed by atoms with E-state index in [1.165, 1.54) is 19.2 Å². The number of hydrogen-bond donors (Lipinski definition) is 4. The van der Waals surface area contributed by atoms with Crippen LogP contribution in [0.25, 0.3) is 0 Å². The van der Waals surface area contributed by atoms with Crippen molar-refractivity contribution in [1.82, 2.24) is 14.9 Å². The Hall–Kier alpha value is -1.93. The Morgan fingerprint density at radius 3 is 2.72 bits per heavy atom. The van der Waals surface area contributed by atoms with Crippen LogP contribution in [0.2, 0.25) is 0 Å². The molecule has 0 aliphatic heterocycles. The molecule has 1 aromatic heterocycles. The molecule has 0 spiro atoms. The lowest BCUT2D eigenvalue weighted by atomic mass is 9.85. The number of carboxylic acids is 1. The van der Waals surface area contributed by atoms with Gasteiger partial charge in [-0.05, 0) is 38.5 Å². The first kappa shape index (κ1) is 17.9. The summed E-state index contributed by atoms with van der Waals surface area (Å²) in [6, 6.07) is 2.47. The monoisotopic (exact) mass is 349 g/mol. The molecule has 3 rings (SSSR count). The summed E-state index contributed by atoms with van der Waals surface area (Å²) >= 11 is 0. The number of aliphatic hydroxyl groups is 1. The van der Waals surface area contributed by atoms with Crippen molar-refractivity contribution in [2.24, 2.45) is 5.92 Å². The van der Waals surface area contributed by atoms with E-state index < -0.39 is 12.1 Å². The molecule has 8 heteroatoms. The van der Waals surface area contributed by atoms with Crippen molar-refractivity contribution < 1.29 is 15.0 Å². The van der Waals surface area contributed by atoms with Crippen LogP contribution in [0.4, 0.5) is 11.6 Å². The molecule has 8 nitrogen and oxygen atoms in total. The maximum absolute atomic E-state index is 11.1. The van der Waals surface area contributed by atoms with Crippen LogP contribution in [0, 0.1) is 5.92 Å². The zero-order valence-corrected chi connectivity index (χ0v) is 14.6. The Kier molecular flexibility index (Phi) is 5.70. The maximum Gasteiger partial charge on any atom is 0.317 e. The average Bonchev–Trinajstić information content (AvgIpc) is 3.32. The van der Waals surface area contributed by atoms with Crippen LogP contribution in [-0.2, 0) is 4.79 Å². The Balaban J connectivity index is 1.47. The minimum absolute atomic E-state index is 0.134. The van der Waals surface area contributed by atoms with Crippen LogP contribution in [-0.4, -0.2) is 68.9 Å². The van der Waals surface area contributed by atoms with E-state index in [4.69, 9.17) is 5.11 Å². The van der Waals surface area contributed by atoms with Gasteiger partial charge >= 0.3 is 5.97 Å². The second-order valence-electron chi connectivity index (χ2n) is 7.25. The molecule has 2 aliphatic rings. The summed E-state index contributed by atoms with van der Waals surface area (Å²) < 4.78 is 0. The van der Waals surface area contributed by atoms with Crippen LogP contribution in [0.5, 0.6) is 0 Å². The number of hydrogen-bond acceptors (Lipinski definition) is 7. The average molecular weight is 349 g/mol. The molecule has 2 saturated carbocycles. The molecule has 0 bridgehead atoms. The van der Waals surface area contributed by atoms with Gasteiger partial charge in [0.2, 0.25) is 0 Å². The molecule has 1 unspecified atom stereocenters. The van der Waals surface area contributed by atoms with E-state index in [0.29, 0.717) is 30.4 Å². The van der Waals surface area contributed by atoms with Crippen LogP contribution < -0.4 is 10.6 Å². The number of rotatable bonds is 10. The summed E-state index contributed by atoms with van der Waals surface area (Å²) in [7, 11) is 0. The van der Waals surface area contributed by atoms with Crippen molar-refractivity contribution in [1.29, 1.82) is 0 Å². The fourth-order valence-corrected chi connectivity index (χ4v) is 3.15. The highest BCUT2D eigenvalue weighted by molar-refractivity contribution is 5.69. The minimum atomic E-state index is -0.748. The summed E-state index contributed by atoms with van der Waals surface area (Å²) in [5.74, 6) is 1.37. The SMILES string of the molecule is CC(O)CNc1cc(NC2CC(N(CC(=O)O)CC3CC3)C2)ncn1. The molecule has 138 valence electrons. The maximum atomic E-state index is 11.1. The molecule has 1 heterocycles. The van der Waals surface area contributed by atoms with Crippen molar-refractivity contribution in [2.45, 2.75) is 50.8 Å². The summed E-state index contributed by atoms with van der Waals surface area (Å²) in [6.45, 7) is 3.19.